The van der Waals surface area contributed by atoms with Crippen LogP contribution in [0.2, 0.25) is 0 Å². The van der Waals surface area contributed by atoms with Gasteiger partial charge in [0.15, 0.2) is 5.78 Å². The molecular formula is C25H34N2O6. The monoisotopic (exact) mass is 458 g/mol. The van der Waals surface area contributed by atoms with E-state index in [-0.39, 0.29) is 49.2 Å². The smallest absolute Gasteiger partial charge is 0.239 e. The number of hydrogen-bond donors (Lipinski definition) is 3. The molecule has 8 nitrogen and oxygen atoms in total. The van der Waals surface area contributed by atoms with Crippen LogP contribution in [-0.2, 0) is 30.4 Å². The molecule has 3 N–H and O–H groups in total. The lowest BCUT2D eigenvalue weighted by Crippen LogP contribution is -2.40. The van der Waals surface area contributed by atoms with E-state index >= 15 is 0 Å². The van der Waals surface area contributed by atoms with Crippen molar-refractivity contribution in [3.8, 4) is 0 Å². The largest absolute Gasteiger partial charge is 0.393 e. The van der Waals surface area contributed by atoms with Gasteiger partial charge in [-0.15, -0.1) is 0 Å². The highest BCUT2D eigenvalue weighted by molar-refractivity contribution is 5.91. The fraction of sp³-hybridized carbons (Fsp3) is 0.480. The first-order chi connectivity index (χ1) is 15.8. The summed E-state index contributed by atoms with van der Waals surface area (Å²) in [6.07, 6.45) is 4.74. The van der Waals surface area contributed by atoms with E-state index in [0.29, 0.717) is 32.2 Å². The van der Waals surface area contributed by atoms with Crippen LogP contribution in [0.3, 0.4) is 0 Å². The van der Waals surface area contributed by atoms with E-state index in [1.165, 1.54) is 19.1 Å². The second kappa shape index (κ2) is 16.5. The van der Waals surface area contributed by atoms with Gasteiger partial charge < -0.3 is 20.5 Å². The SMILES string of the molecule is CC(O)CC(=O)/C=C/CC(=O)CCC(Cc1ccccc1)C(=O)NCC(=O)NCCCC=O. The van der Waals surface area contributed by atoms with Crippen molar-refractivity contribution in [3.05, 3.63) is 48.0 Å². The second-order valence-corrected chi connectivity index (χ2v) is 7.97. The molecule has 8 heteroatoms. The Kier molecular flexibility index (Phi) is 13.9. The van der Waals surface area contributed by atoms with E-state index < -0.39 is 12.0 Å². The van der Waals surface area contributed by atoms with E-state index in [9.17, 15) is 29.1 Å². The predicted molar refractivity (Wildman–Crippen MR) is 124 cm³/mol. The first-order valence-corrected chi connectivity index (χ1v) is 11.2. The van der Waals surface area contributed by atoms with E-state index in [1.807, 2.05) is 30.3 Å². The van der Waals surface area contributed by atoms with Crippen molar-refractivity contribution >= 4 is 29.7 Å². The number of benzene rings is 1. The first kappa shape index (κ1) is 27.9. The lowest BCUT2D eigenvalue weighted by Gasteiger charge is -2.17. The van der Waals surface area contributed by atoms with Crippen molar-refractivity contribution in [1.29, 1.82) is 0 Å². The highest BCUT2D eigenvalue weighted by Gasteiger charge is 2.20. The Hall–Kier alpha value is -3.13. The van der Waals surface area contributed by atoms with Gasteiger partial charge in [0.2, 0.25) is 11.8 Å². The summed E-state index contributed by atoms with van der Waals surface area (Å²) in [5.74, 6) is -1.48. The van der Waals surface area contributed by atoms with E-state index in [2.05, 4.69) is 10.6 Å². The highest BCUT2D eigenvalue weighted by atomic mass is 16.3. The number of aliphatic hydroxyl groups excluding tert-OH is 1. The Morgan fingerprint density at radius 3 is 2.48 bits per heavy atom. The molecule has 0 aliphatic rings. The average Bonchev–Trinajstić information content (AvgIpc) is 2.78. The number of Topliss-reactive ketones (excluding diaryl/α,β-unsaturated/α-hetero) is 1. The molecule has 2 unspecified atom stereocenters. The molecule has 0 bridgehead atoms. The van der Waals surface area contributed by atoms with Crippen LogP contribution in [0.4, 0.5) is 0 Å². The molecule has 33 heavy (non-hydrogen) atoms. The summed E-state index contributed by atoms with van der Waals surface area (Å²) in [6.45, 7) is 1.71. The van der Waals surface area contributed by atoms with Crippen LogP contribution in [0.25, 0.3) is 0 Å². The molecule has 0 fully saturated rings. The van der Waals surface area contributed by atoms with Crippen LogP contribution in [0, 0.1) is 5.92 Å². The van der Waals surface area contributed by atoms with Gasteiger partial charge in [-0.05, 0) is 37.8 Å². The molecule has 2 atom stereocenters. The zero-order valence-corrected chi connectivity index (χ0v) is 19.1. The molecule has 1 aromatic carbocycles. The van der Waals surface area contributed by atoms with Gasteiger partial charge in [-0.2, -0.15) is 0 Å². The van der Waals surface area contributed by atoms with Gasteiger partial charge in [0.05, 0.1) is 12.6 Å². The lowest BCUT2D eigenvalue weighted by atomic mass is 9.92. The Labute approximate surface area is 194 Å². The molecular weight excluding hydrogens is 424 g/mol. The minimum absolute atomic E-state index is 0.00861. The van der Waals surface area contributed by atoms with Gasteiger partial charge in [0, 0.05) is 38.1 Å². The maximum absolute atomic E-state index is 12.7. The zero-order chi connectivity index (χ0) is 24.5. The lowest BCUT2D eigenvalue weighted by molar-refractivity contribution is -0.129. The van der Waals surface area contributed by atoms with Crippen LogP contribution in [0.15, 0.2) is 42.5 Å². The number of ketones is 2. The number of carbonyl (C=O) groups excluding carboxylic acids is 5. The van der Waals surface area contributed by atoms with Crippen LogP contribution in [0.1, 0.15) is 51.0 Å². The molecule has 0 aliphatic heterocycles. The van der Waals surface area contributed by atoms with E-state index in [0.717, 1.165) is 11.8 Å². The predicted octanol–water partition coefficient (Wildman–Crippen LogP) is 1.69. The van der Waals surface area contributed by atoms with Crippen molar-refractivity contribution in [2.45, 2.75) is 58.0 Å². The van der Waals surface area contributed by atoms with Gasteiger partial charge in [-0.3, -0.25) is 19.2 Å². The van der Waals surface area contributed by atoms with Gasteiger partial charge in [-0.25, -0.2) is 0 Å². The summed E-state index contributed by atoms with van der Waals surface area (Å²) in [5.41, 5.74) is 0.951. The minimum Gasteiger partial charge on any atom is -0.393 e. The third-order valence-electron chi connectivity index (χ3n) is 4.86. The topological polar surface area (TPSA) is 130 Å². The second-order valence-electron chi connectivity index (χ2n) is 7.97. The third-order valence-corrected chi connectivity index (χ3v) is 4.86. The minimum atomic E-state index is -0.728. The molecule has 0 aliphatic carbocycles. The van der Waals surface area contributed by atoms with Crippen molar-refractivity contribution in [1.82, 2.24) is 10.6 Å². The molecule has 1 aromatic rings. The van der Waals surface area contributed by atoms with Crippen LogP contribution >= 0.6 is 0 Å². The van der Waals surface area contributed by atoms with Crippen molar-refractivity contribution < 1.29 is 29.1 Å². The number of aliphatic hydroxyl groups is 1. The maximum atomic E-state index is 12.7. The Morgan fingerprint density at radius 2 is 1.82 bits per heavy atom. The number of nitrogens with one attached hydrogen (secondary N) is 2. The molecule has 0 radical (unpaired) electrons. The fourth-order valence-corrected chi connectivity index (χ4v) is 3.13. The van der Waals surface area contributed by atoms with Gasteiger partial charge >= 0.3 is 0 Å². The highest BCUT2D eigenvalue weighted by Crippen LogP contribution is 2.16. The third kappa shape index (κ3) is 13.8. The van der Waals surface area contributed by atoms with Crippen molar-refractivity contribution in [2.75, 3.05) is 13.1 Å². The molecule has 0 saturated carbocycles. The van der Waals surface area contributed by atoms with E-state index in [1.54, 1.807) is 0 Å². The molecule has 0 heterocycles. The molecule has 180 valence electrons. The number of hydrogen-bond acceptors (Lipinski definition) is 6. The average molecular weight is 459 g/mol. The van der Waals surface area contributed by atoms with Gasteiger partial charge in [0.25, 0.3) is 0 Å². The molecule has 0 aromatic heterocycles. The molecule has 0 spiro atoms. The number of aldehydes is 1. The summed E-state index contributed by atoms with van der Waals surface area (Å²) in [5, 5.41) is 14.5. The molecule has 1 rings (SSSR count). The summed E-state index contributed by atoms with van der Waals surface area (Å²) in [4.78, 5) is 58.7. The number of unbranched alkanes of at least 4 members (excludes halogenated alkanes) is 1. The van der Waals surface area contributed by atoms with Gasteiger partial charge in [0.1, 0.15) is 12.1 Å². The first-order valence-electron chi connectivity index (χ1n) is 11.2. The number of carbonyl (C=O) groups is 5. The van der Waals surface area contributed by atoms with Crippen molar-refractivity contribution in [3.63, 3.8) is 0 Å². The van der Waals surface area contributed by atoms with Crippen LogP contribution in [0.5, 0.6) is 0 Å². The van der Waals surface area contributed by atoms with E-state index in [4.69, 9.17) is 0 Å². The maximum Gasteiger partial charge on any atom is 0.239 e. The number of allylic oxidation sites excluding steroid dienone is 2. The number of amides is 2. The molecule has 2 amide bonds. The number of rotatable bonds is 17. The summed E-state index contributed by atoms with van der Waals surface area (Å²) < 4.78 is 0. The Morgan fingerprint density at radius 1 is 1.09 bits per heavy atom. The van der Waals surface area contributed by atoms with Crippen LogP contribution in [-0.4, -0.2) is 54.0 Å². The fourth-order valence-electron chi connectivity index (χ4n) is 3.13. The van der Waals surface area contributed by atoms with Crippen LogP contribution < -0.4 is 10.6 Å². The summed E-state index contributed by atoms with van der Waals surface area (Å²) >= 11 is 0. The normalized spacial score (nSPS) is 12.7. The standard InChI is InChI=1S/C25H34N2O6/c1-19(29)16-23(31)11-7-10-22(30)13-12-21(17-20-8-3-2-4-9-20)25(33)27-18-24(32)26-14-5-6-15-28/h2-4,7-9,11,15,19,21,29H,5-6,10,12-14,16-18H2,1H3,(H,26,32)(H,27,33)/b11-7+. The van der Waals surface area contributed by atoms with Gasteiger partial charge in [-0.1, -0.05) is 36.4 Å². The Bertz CT molecular complexity index is 804. The molecule has 0 saturated heterocycles. The Balaban J connectivity index is 2.57. The zero-order valence-electron chi connectivity index (χ0n) is 19.1. The van der Waals surface area contributed by atoms with Crippen molar-refractivity contribution in [2.24, 2.45) is 5.92 Å². The quantitative estimate of drug-likeness (QED) is 0.185. The summed E-state index contributed by atoms with van der Waals surface area (Å²) in [6, 6.07) is 9.42. The summed E-state index contributed by atoms with van der Waals surface area (Å²) in [7, 11) is 0.